The Morgan fingerprint density at radius 2 is 1.79 bits per heavy atom. The lowest BCUT2D eigenvalue weighted by Gasteiger charge is -2.17. The number of rotatable bonds is 4. The van der Waals surface area contributed by atoms with E-state index in [1.165, 1.54) is 40.0 Å². The number of benzene rings is 2. The summed E-state index contributed by atoms with van der Waals surface area (Å²) in [5, 5.41) is 1.74. The molecule has 1 aliphatic heterocycles. The third-order valence-electron chi connectivity index (χ3n) is 5.44. The summed E-state index contributed by atoms with van der Waals surface area (Å²) >= 11 is 1.30. The zero-order valence-electron chi connectivity index (χ0n) is 17.7. The molecule has 0 aliphatic carbocycles. The van der Waals surface area contributed by atoms with E-state index in [0.29, 0.717) is 16.3 Å². The largest absolute Gasteiger partial charge is 0.456 e. The topological polar surface area (TPSA) is 98.1 Å². The van der Waals surface area contributed by atoms with E-state index in [-0.39, 0.29) is 28.9 Å². The fourth-order valence-electron chi connectivity index (χ4n) is 3.73. The Bertz CT molecular complexity index is 1530. The standard InChI is InChI=1S/C24H17N3O5S/c1-13-3-4-14(2)19(9-13)27-21(29)17-6-5-15(10-18(17)22(27)30)23(31)32-12-16-11-20(28)26-7-8-33-24(26)25-16/h3-11H,12H2,1-2H3. The number of carbonyl (C=O) groups excluding carboxylic acids is 3. The van der Waals surface area contributed by atoms with Gasteiger partial charge in [-0.3, -0.25) is 18.8 Å². The van der Waals surface area contributed by atoms with Crippen LogP contribution in [-0.2, 0) is 11.3 Å². The number of anilines is 1. The molecule has 0 atom stereocenters. The first kappa shape index (κ1) is 20.8. The summed E-state index contributed by atoms with van der Waals surface area (Å²) < 4.78 is 6.71. The summed E-state index contributed by atoms with van der Waals surface area (Å²) in [5.41, 5.74) is 2.80. The first-order chi connectivity index (χ1) is 15.8. The van der Waals surface area contributed by atoms with Gasteiger partial charge in [0.2, 0.25) is 0 Å². The lowest BCUT2D eigenvalue weighted by Crippen LogP contribution is -2.30. The molecule has 8 nitrogen and oxygen atoms in total. The van der Waals surface area contributed by atoms with Crippen molar-refractivity contribution in [1.82, 2.24) is 9.38 Å². The van der Waals surface area contributed by atoms with Gasteiger partial charge in [0.1, 0.15) is 6.61 Å². The monoisotopic (exact) mass is 459 g/mol. The van der Waals surface area contributed by atoms with Crippen molar-refractivity contribution in [2.24, 2.45) is 0 Å². The molecule has 5 rings (SSSR count). The minimum absolute atomic E-state index is 0.131. The first-order valence-corrected chi connectivity index (χ1v) is 10.9. The van der Waals surface area contributed by atoms with Crippen molar-refractivity contribution in [3.63, 3.8) is 0 Å². The number of carbonyl (C=O) groups is 3. The van der Waals surface area contributed by atoms with Gasteiger partial charge in [0.05, 0.1) is 28.1 Å². The summed E-state index contributed by atoms with van der Waals surface area (Å²) in [6.45, 7) is 3.52. The highest BCUT2D eigenvalue weighted by Crippen LogP contribution is 2.32. The Balaban J connectivity index is 1.39. The van der Waals surface area contributed by atoms with Crippen LogP contribution in [0.25, 0.3) is 4.96 Å². The molecule has 0 radical (unpaired) electrons. The highest BCUT2D eigenvalue weighted by atomic mass is 32.1. The lowest BCUT2D eigenvalue weighted by molar-refractivity contribution is 0.0467. The third kappa shape index (κ3) is 3.52. The van der Waals surface area contributed by atoms with E-state index in [0.717, 1.165) is 16.0 Å². The van der Waals surface area contributed by atoms with Gasteiger partial charge in [-0.1, -0.05) is 12.1 Å². The predicted octanol–water partition coefficient (Wildman–Crippen LogP) is 3.53. The zero-order valence-corrected chi connectivity index (χ0v) is 18.5. The van der Waals surface area contributed by atoms with Gasteiger partial charge >= 0.3 is 5.97 Å². The van der Waals surface area contributed by atoms with Crippen molar-refractivity contribution in [1.29, 1.82) is 0 Å². The number of aromatic nitrogens is 2. The minimum Gasteiger partial charge on any atom is -0.456 e. The Kier molecular flexibility index (Phi) is 4.90. The van der Waals surface area contributed by atoms with Crippen LogP contribution in [0.3, 0.4) is 0 Å². The van der Waals surface area contributed by atoms with Gasteiger partial charge in [-0.05, 0) is 49.2 Å². The first-order valence-electron chi connectivity index (χ1n) is 10.1. The molecule has 2 aromatic carbocycles. The van der Waals surface area contributed by atoms with Crippen molar-refractivity contribution in [2.45, 2.75) is 20.5 Å². The van der Waals surface area contributed by atoms with Gasteiger partial charge in [0.25, 0.3) is 17.4 Å². The van der Waals surface area contributed by atoms with E-state index in [1.807, 2.05) is 26.0 Å². The van der Waals surface area contributed by atoms with E-state index in [4.69, 9.17) is 4.74 Å². The van der Waals surface area contributed by atoms with Crippen LogP contribution in [0.1, 0.15) is 47.9 Å². The number of hydrogen-bond donors (Lipinski definition) is 0. The van der Waals surface area contributed by atoms with Crippen molar-refractivity contribution in [2.75, 3.05) is 4.90 Å². The fourth-order valence-corrected chi connectivity index (χ4v) is 4.47. The third-order valence-corrected chi connectivity index (χ3v) is 6.19. The molecule has 9 heteroatoms. The number of hydrogen-bond acceptors (Lipinski definition) is 7. The fraction of sp³-hybridized carbons (Fsp3) is 0.125. The second kappa shape index (κ2) is 7.79. The van der Waals surface area contributed by atoms with Crippen LogP contribution < -0.4 is 10.5 Å². The Labute approximate surface area is 191 Å². The number of nitrogens with zero attached hydrogens (tertiary/aromatic N) is 3. The van der Waals surface area contributed by atoms with Gasteiger partial charge in [-0.25, -0.2) is 14.7 Å². The van der Waals surface area contributed by atoms with E-state index in [9.17, 15) is 19.2 Å². The van der Waals surface area contributed by atoms with Gasteiger partial charge in [-0.2, -0.15) is 0 Å². The van der Waals surface area contributed by atoms with E-state index < -0.39 is 17.8 Å². The molecule has 2 amide bonds. The number of aryl methyl sites for hydroxylation is 2. The molecule has 0 saturated carbocycles. The summed E-state index contributed by atoms with van der Waals surface area (Å²) in [5.74, 6) is -1.61. The average Bonchev–Trinajstić information content (AvgIpc) is 3.37. The SMILES string of the molecule is Cc1ccc(C)c(N2C(=O)c3ccc(C(=O)OCc4cc(=O)n5ccsc5n4)cc3C2=O)c1. The molecular weight excluding hydrogens is 442 g/mol. The minimum atomic E-state index is -0.684. The van der Waals surface area contributed by atoms with Crippen LogP contribution in [-0.4, -0.2) is 27.2 Å². The van der Waals surface area contributed by atoms with Crippen molar-refractivity contribution >= 4 is 39.8 Å². The van der Waals surface area contributed by atoms with E-state index >= 15 is 0 Å². The molecule has 2 aromatic heterocycles. The Morgan fingerprint density at radius 1 is 1.00 bits per heavy atom. The summed E-state index contributed by atoms with van der Waals surface area (Å²) in [6.07, 6.45) is 1.62. The number of amides is 2. The Hall–Kier alpha value is -4.11. The zero-order chi connectivity index (χ0) is 23.3. The van der Waals surface area contributed by atoms with Gasteiger partial charge < -0.3 is 4.74 Å². The Morgan fingerprint density at radius 3 is 2.61 bits per heavy atom. The number of esters is 1. The van der Waals surface area contributed by atoms with Crippen LogP contribution in [0.2, 0.25) is 0 Å². The second-order valence-corrected chi connectivity index (χ2v) is 8.59. The molecule has 164 valence electrons. The van der Waals surface area contributed by atoms with Gasteiger partial charge in [0.15, 0.2) is 4.96 Å². The molecule has 0 spiro atoms. The number of thiazole rings is 1. The van der Waals surface area contributed by atoms with Gasteiger partial charge in [-0.15, -0.1) is 11.3 Å². The van der Waals surface area contributed by atoms with Crippen LogP contribution in [0.4, 0.5) is 5.69 Å². The summed E-state index contributed by atoms with van der Waals surface area (Å²) in [4.78, 5) is 56.6. The molecule has 0 bridgehead atoms. The van der Waals surface area contributed by atoms with Crippen LogP contribution in [0.5, 0.6) is 0 Å². The number of ether oxygens (including phenoxy) is 1. The maximum atomic E-state index is 13.1. The molecular formula is C24H17N3O5S. The normalized spacial score (nSPS) is 13.0. The van der Waals surface area contributed by atoms with Crippen LogP contribution in [0, 0.1) is 13.8 Å². The van der Waals surface area contributed by atoms with Crippen molar-refractivity contribution < 1.29 is 19.1 Å². The molecule has 0 N–H and O–H groups in total. The maximum Gasteiger partial charge on any atom is 0.338 e. The molecule has 0 fully saturated rings. The highest BCUT2D eigenvalue weighted by molar-refractivity contribution is 7.15. The summed E-state index contributed by atoms with van der Waals surface area (Å²) in [7, 11) is 0. The molecule has 1 aliphatic rings. The summed E-state index contributed by atoms with van der Waals surface area (Å²) in [6, 6.07) is 11.1. The number of imide groups is 1. The van der Waals surface area contributed by atoms with E-state index in [1.54, 1.807) is 17.6 Å². The smallest absolute Gasteiger partial charge is 0.338 e. The number of fused-ring (bicyclic) bond motifs is 2. The molecule has 0 unspecified atom stereocenters. The molecule has 3 heterocycles. The highest BCUT2D eigenvalue weighted by Gasteiger charge is 2.38. The van der Waals surface area contributed by atoms with Crippen LogP contribution >= 0.6 is 11.3 Å². The van der Waals surface area contributed by atoms with Crippen molar-refractivity contribution in [3.8, 4) is 0 Å². The molecule has 4 aromatic rings. The quantitative estimate of drug-likeness (QED) is 0.342. The second-order valence-electron chi connectivity index (χ2n) is 7.71. The molecule has 33 heavy (non-hydrogen) atoms. The van der Waals surface area contributed by atoms with Crippen LogP contribution in [0.15, 0.2) is 58.8 Å². The maximum absolute atomic E-state index is 13.1. The van der Waals surface area contributed by atoms with Gasteiger partial charge in [0, 0.05) is 17.6 Å². The lowest BCUT2D eigenvalue weighted by atomic mass is 10.1. The van der Waals surface area contributed by atoms with Crippen molar-refractivity contribution in [3.05, 3.63) is 97.9 Å². The predicted molar refractivity (Wildman–Crippen MR) is 122 cm³/mol. The molecule has 0 saturated heterocycles. The average molecular weight is 459 g/mol. The van der Waals surface area contributed by atoms with E-state index in [2.05, 4.69) is 4.98 Å².